The summed E-state index contributed by atoms with van der Waals surface area (Å²) in [5.41, 5.74) is 10.6. The highest BCUT2D eigenvalue weighted by Gasteiger charge is 2.16. The zero-order chi connectivity index (χ0) is 14.0. The maximum Gasteiger partial charge on any atom is 0.237 e. The molecule has 2 amide bonds. The van der Waals surface area contributed by atoms with Gasteiger partial charge in [-0.25, -0.2) is 0 Å². The summed E-state index contributed by atoms with van der Waals surface area (Å²) in [7, 11) is 0. The van der Waals surface area contributed by atoms with Crippen LogP contribution < -0.4 is 11.5 Å². The molecule has 0 atom stereocenters. The van der Waals surface area contributed by atoms with Crippen LogP contribution in [0.25, 0.3) is 0 Å². The van der Waals surface area contributed by atoms with E-state index in [0.29, 0.717) is 25.4 Å². The summed E-state index contributed by atoms with van der Waals surface area (Å²) in [5.74, 6) is -0.0899. The van der Waals surface area contributed by atoms with Gasteiger partial charge in [-0.3, -0.25) is 9.59 Å². The Morgan fingerprint density at radius 2 is 1.68 bits per heavy atom. The van der Waals surface area contributed by atoms with Crippen LogP contribution in [0.3, 0.4) is 0 Å². The summed E-state index contributed by atoms with van der Waals surface area (Å²) in [6, 6.07) is 0. The second-order valence-electron chi connectivity index (χ2n) is 5.09. The molecule has 0 aromatic heterocycles. The van der Waals surface area contributed by atoms with E-state index in [-0.39, 0.29) is 24.9 Å². The molecule has 0 bridgehead atoms. The summed E-state index contributed by atoms with van der Waals surface area (Å²) in [4.78, 5) is 24.4. The normalized spacial score (nSPS) is 10.1. The van der Waals surface area contributed by atoms with Crippen LogP contribution >= 0.6 is 12.4 Å². The molecule has 0 radical (unpaired) electrons. The van der Waals surface area contributed by atoms with Gasteiger partial charge in [-0.15, -0.1) is 12.4 Å². The maximum atomic E-state index is 11.9. The number of halogens is 1. The molecule has 0 aliphatic heterocycles. The molecule has 0 aromatic carbocycles. The molecule has 4 N–H and O–H groups in total. The predicted octanol–water partition coefficient (Wildman–Crippen LogP) is 1.29. The molecule has 0 fully saturated rings. The Labute approximate surface area is 122 Å². The van der Waals surface area contributed by atoms with E-state index in [1.54, 1.807) is 4.90 Å². The smallest absolute Gasteiger partial charge is 0.237 e. The Morgan fingerprint density at radius 1 is 1.11 bits per heavy atom. The largest absolute Gasteiger partial charge is 0.368 e. The molecule has 0 rings (SSSR count). The number of carbonyl (C=O) groups is 2. The fourth-order valence-corrected chi connectivity index (χ4v) is 1.82. The number of primary amides is 1. The Morgan fingerprint density at radius 3 is 2.16 bits per heavy atom. The first-order chi connectivity index (χ1) is 8.47. The van der Waals surface area contributed by atoms with E-state index < -0.39 is 5.91 Å². The first-order valence-corrected chi connectivity index (χ1v) is 6.73. The first-order valence-electron chi connectivity index (χ1n) is 6.73. The monoisotopic (exact) mass is 293 g/mol. The van der Waals surface area contributed by atoms with Gasteiger partial charge in [0.25, 0.3) is 0 Å². The highest BCUT2D eigenvalue weighted by atomic mass is 35.5. The Bertz CT molecular complexity index is 260. The molecule has 0 unspecified atom stereocenters. The number of nitrogens with zero attached hydrogens (tertiary/aromatic N) is 1. The summed E-state index contributed by atoms with van der Waals surface area (Å²) in [6.45, 7) is 5.35. The lowest BCUT2D eigenvalue weighted by molar-refractivity contribution is -0.135. The van der Waals surface area contributed by atoms with Gasteiger partial charge in [0, 0.05) is 13.0 Å². The van der Waals surface area contributed by atoms with Crippen LogP contribution in [0.1, 0.15) is 46.0 Å². The minimum atomic E-state index is -0.452. The van der Waals surface area contributed by atoms with Crippen LogP contribution in [0.4, 0.5) is 0 Å². The average molecular weight is 294 g/mol. The second kappa shape index (κ2) is 12.2. The van der Waals surface area contributed by atoms with E-state index in [1.807, 2.05) is 13.8 Å². The van der Waals surface area contributed by atoms with Crippen molar-refractivity contribution in [2.75, 3.05) is 19.6 Å². The van der Waals surface area contributed by atoms with Crippen molar-refractivity contribution in [3.63, 3.8) is 0 Å². The van der Waals surface area contributed by atoms with Gasteiger partial charge in [0.1, 0.15) is 0 Å². The molecule has 0 aromatic rings. The molecule has 0 aliphatic rings. The van der Waals surface area contributed by atoms with Crippen molar-refractivity contribution >= 4 is 24.2 Å². The molecule has 0 saturated heterocycles. The first kappa shape index (κ1) is 20.5. The third-order valence-electron chi connectivity index (χ3n) is 2.63. The summed E-state index contributed by atoms with van der Waals surface area (Å²) in [5, 5.41) is 0. The van der Waals surface area contributed by atoms with E-state index in [0.717, 1.165) is 25.7 Å². The minimum Gasteiger partial charge on any atom is -0.368 e. The van der Waals surface area contributed by atoms with Gasteiger partial charge in [0.15, 0.2) is 0 Å². The zero-order valence-corrected chi connectivity index (χ0v) is 12.9. The Hall–Kier alpha value is -0.810. The number of rotatable bonds is 10. The molecule has 0 heterocycles. The lowest BCUT2D eigenvalue weighted by Gasteiger charge is -2.23. The van der Waals surface area contributed by atoms with Crippen molar-refractivity contribution in [2.45, 2.75) is 46.0 Å². The molecule has 0 saturated carbocycles. The number of unbranched alkanes of at least 4 members (excludes halogenated alkanes) is 3. The van der Waals surface area contributed by atoms with Crippen LogP contribution in [0.5, 0.6) is 0 Å². The quantitative estimate of drug-likeness (QED) is 0.595. The van der Waals surface area contributed by atoms with Crippen LogP contribution in [0, 0.1) is 5.92 Å². The third-order valence-corrected chi connectivity index (χ3v) is 2.63. The topological polar surface area (TPSA) is 89.4 Å². The number of hydrogen-bond acceptors (Lipinski definition) is 3. The van der Waals surface area contributed by atoms with E-state index in [1.165, 1.54) is 0 Å². The van der Waals surface area contributed by atoms with Crippen molar-refractivity contribution < 1.29 is 9.59 Å². The molecule has 0 aliphatic carbocycles. The van der Waals surface area contributed by atoms with Gasteiger partial charge < -0.3 is 16.4 Å². The zero-order valence-electron chi connectivity index (χ0n) is 12.1. The number of nitrogens with two attached hydrogens (primary N) is 2. The fourth-order valence-electron chi connectivity index (χ4n) is 1.82. The van der Waals surface area contributed by atoms with E-state index in [4.69, 9.17) is 11.5 Å². The lowest BCUT2D eigenvalue weighted by atomic mass is 10.1. The molecule has 19 heavy (non-hydrogen) atoms. The summed E-state index contributed by atoms with van der Waals surface area (Å²) in [6.07, 6.45) is 4.42. The van der Waals surface area contributed by atoms with E-state index in [2.05, 4.69) is 0 Å². The van der Waals surface area contributed by atoms with Gasteiger partial charge in [-0.05, 0) is 25.3 Å². The van der Waals surface area contributed by atoms with Crippen LogP contribution in [0.2, 0.25) is 0 Å². The second-order valence-corrected chi connectivity index (χ2v) is 5.09. The van der Waals surface area contributed by atoms with Gasteiger partial charge in [0.05, 0.1) is 6.54 Å². The average Bonchev–Trinajstić information content (AvgIpc) is 2.26. The molecule has 6 heteroatoms. The van der Waals surface area contributed by atoms with Crippen molar-refractivity contribution in [3.05, 3.63) is 0 Å². The van der Waals surface area contributed by atoms with Crippen molar-refractivity contribution in [2.24, 2.45) is 17.4 Å². The molecular formula is C13H28ClN3O2. The summed E-state index contributed by atoms with van der Waals surface area (Å²) < 4.78 is 0. The third kappa shape index (κ3) is 12.0. The summed E-state index contributed by atoms with van der Waals surface area (Å²) >= 11 is 0. The van der Waals surface area contributed by atoms with Crippen molar-refractivity contribution in [1.29, 1.82) is 0 Å². The van der Waals surface area contributed by atoms with Crippen LogP contribution in [-0.2, 0) is 9.59 Å². The molecule has 0 spiro atoms. The Kier molecular flexibility index (Phi) is 13.2. The van der Waals surface area contributed by atoms with Crippen LogP contribution in [-0.4, -0.2) is 36.3 Å². The molecule has 114 valence electrons. The lowest BCUT2D eigenvalue weighted by Crippen LogP contribution is -2.40. The highest BCUT2D eigenvalue weighted by molar-refractivity contribution is 5.85. The van der Waals surface area contributed by atoms with Crippen LogP contribution in [0.15, 0.2) is 0 Å². The molecular weight excluding hydrogens is 266 g/mol. The van der Waals surface area contributed by atoms with E-state index >= 15 is 0 Å². The van der Waals surface area contributed by atoms with Gasteiger partial charge >= 0.3 is 0 Å². The van der Waals surface area contributed by atoms with Gasteiger partial charge in [0.2, 0.25) is 11.8 Å². The van der Waals surface area contributed by atoms with E-state index in [9.17, 15) is 9.59 Å². The highest BCUT2D eigenvalue weighted by Crippen LogP contribution is 2.07. The predicted molar refractivity (Wildman–Crippen MR) is 80.0 cm³/mol. The van der Waals surface area contributed by atoms with Gasteiger partial charge in [-0.1, -0.05) is 26.7 Å². The maximum absolute atomic E-state index is 11.9. The standard InChI is InChI=1S/C13H27N3O2.ClH/c1-11(2)9-16(10-12(15)17)13(18)7-5-3-4-6-8-14;/h11H,3-10,14H2,1-2H3,(H2,15,17);1H. The Balaban J connectivity index is 0. The van der Waals surface area contributed by atoms with Crippen molar-refractivity contribution in [1.82, 2.24) is 4.90 Å². The fraction of sp³-hybridized carbons (Fsp3) is 0.846. The SMILES string of the molecule is CC(C)CN(CC(N)=O)C(=O)CCCCCCN.Cl. The molecule has 5 nitrogen and oxygen atoms in total. The number of hydrogen-bond donors (Lipinski definition) is 2. The minimum absolute atomic E-state index is 0. The number of carbonyl (C=O) groups excluding carboxylic acids is 2. The van der Waals surface area contributed by atoms with Gasteiger partial charge in [-0.2, -0.15) is 0 Å². The van der Waals surface area contributed by atoms with Crippen molar-refractivity contribution in [3.8, 4) is 0 Å². The number of amides is 2.